The van der Waals surface area contributed by atoms with Gasteiger partial charge in [-0.1, -0.05) is 23.7 Å². The maximum atomic E-state index is 13.4. The van der Waals surface area contributed by atoms with Crippen LogP contribution in [-0.4, -0.2) is 70.4 Å². The van der Waals surface area contributed by atoms with Crippen LogP contribution in [0.1, 0.15) is 49.4 Å². The SMILES string of the molecule is CC(=O)C[C@@H](C=O)NC(=O)[C@@H]1CCCN2C(=O)CC[C@H](NC(=O)c3ccccc3Cl)C(=O)N12. The number of benzene rings is 1. The van der Waals surface area contributed by atoms with Crippen LogP contribution < -0.4 is 10.6 Å². The number of carbonyl (C=O) groups is 6. The summed E-state index contributed by atoms with van der Waals surface area (Å²) in [6.07, 6.45) is 1.10. The van der Waals surface area contributed by atoms with Crippen molar-refractivity contribution in [3.05, 3.63) is 34.9 Å². The highest BCUT2D eigenvalue weighted by molar-refractivity contribution is 6.33. The molecule has 3 atom stereocenters. The van der Waals surface area contributed by atoms with Crippen molar-refractivity contribution in [3.8, 4) is 0 Å². The van der Waals surface area contributed by atoms with E-state index >= 15 is 0 Å². The molecule has 2 N–H and O–H groups in total. The fourth-order valence-corrected chi connectivity index (χ4v) is 4.23. The fraction of sp³-hybridized carbons (Fsp3) is 0.455. The Bertz CT molecular complexity index is 983. The average molecular weight is 477 g/mol. The number of amides is 4. The van der Waals surface area contributed by atoms with Gasteiger partial charge < -0.3 is 15.4 Å². The lowest BCUT2D eigenvalue weighted by atomic mass is 10.0. The molecule has 0 bridgehead atoms. The summed E-state index contributed by atoms with van der Waals surface area (Å²) in [5.41, 5.74) is 0.186. The van der Waals surface area contributed by atoms with E-state index in [-0.39, 0.29) is 54.5 Å². The highest BCUT2D eigenvalue weighted by atomic mass is 35.5. The van der Waals surface area contributed by atoms with Gasteiger partial charge >= 0.3 is 0 Å². The van der Waals surface area contributed by atoms with Gasteiger partial charge in [0.25, 0.3) is 11.8 Å². The van der Waals surface area contributed by atoms with Gasteiger partial charge in [-0.25, -0.2) is 5.01 Å². The van der Waals surface area contributed by atoms with Crippen molar-refractivity contribution in [2.75, 3.05) is 6.54 Å². The molecule has 2 saturated heterocycles. The van der Waals surface area contributed by atoms with Crippen LogP contribution in [-0.2, 0) is 24.0 Å². The Kier molecular flexibility index (Phi) is 7.80. The number of fused-ring (bicyclic) bond motifs is 1. The molecule has 2 aliphatic rings. The zero-order chi connectivity index (χ0) is 24.1. The van der Waals surface area contributed by atoms with Crippen LogP contribution in [0, 0.1) is 0 Å². The second kappa shape index (κ2) is 10.6. The summed E-state index contributed by atoms with van der Waals surface area (Å²) < 4.78 is 0. The standard InChI is InChI=1S/C22H25ClN4O6/c1-13(29)11-14(12-28)24-21(32)18-7-4-10-26-19(30)9-8-17(22(33)27(18)26)25-20(31)15-5-2-3-6-16(15)23/h2-3,5-6,12,14,17-18H,4,7-11H2,1H3,(H,24,32)(H,25,31)/t14-,17-,18-/m0/s1. The average Bonchev–Trinajstić information content (AvgIpc) is 2.90. The van der Waals surface area contributed by atoms with Gasteiger partial charge in [0.15, 0.2) is 0 Å². The number of Topliss-reactive ketones (excluding diaryl/α,β-unsaturated/α-hetero) is 1. The number of hydrogen-bond donors (Lipinski definition) is 2. The number of nitrogens with one attached hydrogen (secondary N) is 2. The Balaban J connectivity index is 1.82. The number of aldehydes is 1. The van der Waals surface area contributed by atoms with Crippen molar-refractivity contribution in [2.24, 2.45) is 0 Å². The maximum Gasteiger partial charge on any atom is 0.264 e. The van der Waals surface area contributed by atoms with E-state index in [0.29, 0.717) is 12.7 Å². The summed E-state index contributed by atoms with van der Waals surface area (Å²) in [5.74, 6) is -2.43. The maximum absolute atomic E-state index is 13.4. The predicted molar refractivity (Wildman–Crippen MR) is 117 cm³/mol. The normalized spacial score (nSPS) is 21.5. The van der Waals surface area contributed by atoms with E-state index in [1.165, 1.54) is 18.0 Å². The van der Waals surface area contributed by atoms with E-state index < -0.39 is 35.8 Å². The Morgan fingerprint density at radius 2 is 1.94 bits per heavy atom. The monoisotopic (exact) mass is 476 g/mol. The molecule has 2 fully saturated rings. The summed E-state index contributed by atoms with van der Waals surface area (Å²) in [6, 6.07) is 3.24. The van der Waals surface area contributed by atoms with Gasteiger partial charge in [-0.2, -0.15) is 0 Å². The molecule has 1 aromatic carbocycles. The van der Waals surface area contributed by atoms with Crippen molar-refractivity contribution < 1.29 is 28.8 Å². The molecule has 4 amide bonds. The molecule has 176 valence electrons. The molecule has 0 aromatic heterocycles. The largest absolute Gasteiger partial charge is 0.344 e. The number of nitrogens with zero attached hydrogens (tertiary/aromatic N) is 2. The highest BCUT2D eigenvalue weighted by Gasteiger charge is 2.45. The minimum atomic E-state index is -1.05. The fourth-order valence-electron chi connectivity index (χ4n) is 4.01. The van der Waals surface area contributed by atoms with Crippen LogP contribution in [0.4, 0.5) is 0 Å². The van der Waals surface area contributed by atoms with Crippen molar-refractivity contribution in [1.82, 2.24) is 20.7 Å². The van der Waals surface area contributed by atoms with E-state index in [9.17, 15) is 28.8 Å². The van der Waals surface area contributed by atoms with Crippen molar-refractivity contribution in [2.45, 2.75) is 57.2 Å². The van der Waals surface area contributed by atoms with E-state index in [2.05, 4.69) is 10.6 Å². The Morgan fingerprint density at radius 3 is 2.61 bits per heavy atom. The number of halogens is 1. The Labute approximate surface area is 195 Å². The first-order valence-corrected chi connectivity index (χ1v) is 11.0. The molecule has 0 unspecified atom stereocenters. The molecule has 0 radical (unpaired) electrons. The Morgan fingerprint density at radius 1 is 1.21 bits per heavy atom. The quantitative estimate of drug-likeness (QED) is 0.554. The van der Waals surface area contributed by atoms with Crippen LogP contribution in [0.15, 0.2) is 24.3 Å². The van der Waals surface area contributed by atoms with Gasteiger partial charge in [-0.3, -0.25) is 29.0 Å². The summed E-state index contributed by atoms with van der Waals surface area (Å²) in [7, 11) is 0. The molecule has 3 rings (SSSR count). The molecule has 2 heterocycles. The molecular weight excluding hydrogens is 452 g/mol. The van der Waals surface area contributed by atoms with Crippen molar-refractivity contribution in [3.63, 3.8) is 0 Å². The molecular formula is C22H25ClN4O6. The molecule has 0 saturated carbocycles. The number of ketones is 1. The van der Waals surface area contributed by atoms with Crippen LogP contribution >= 0.6 is 11.6 Å². The van der Waals surface area contributed by atoms with Crippen LogP contribution in [0.25, 0.3) is 0 Å². The lowest BCUT2D eigenvalue weighted by molar-refractivity contribution is -0.176. The minimum absolute atomic E-state index is 0.00530. The van der Waals surface area contributed by atoms with Gasteiger partial charge in [0, 0.05) is 19.4 Å². The molecule has 11 heteroatoms. The smallest absolute Gasteiger partial charge is 0.264 e. The number of hydrogen-bond acceptors (Lipinski definition) is 6. The molecule has 0 aliphatic carbocycles. The third-order valence-electron chi connectivity index (χ3n) is 5.59. The van der Waals surface area contributed by atoms with Crippen LogP contribution in [0.5, 0.6) is 0 Å². The zero-order valence-electron chi connectivity index (χ0n) is 18.1. The van der Waals surface area contributed by atoms with Gasteiger partial charge in [0.1, 0.15) is 24.2 Å². The number of rotatable bonds is 7. The summed E-state index contributed by atoms with van der Waals surface area (Å²) in [4.78, 5) is 74.4. The lowest BCUT2D eigenvalue weighted by Crippen LogP contribution is -2.64. The molecule has 10 nitrogen and oxygen atoms in total. The topological polar surface area (TPSA) is 133 Å². The summed E-state index contributed by atoms with van der Waals surface area (Å²) >= 11 is 6.08. The summed E-state index contributed by atoms with van der Waals surface area (Å²) in [5, 5.41) is 7.65. The predicted octanol–water partition coefficient (Wildman–Crippen LogP) is 0.630. The number of carbonyl (C=O) groups excluding carboxylic acids is 6. The summed E-state index contributed by atoms with van der Waals surface area (Å²) in [6.45, 7) is 1.55. The van der Waals surface area contributed by atoms with Gasteiger partial charge in [-0.05, 0) is 38.3 Å². The van der Waals surface area contributed by atoms with Gasteiger partial charge in [0.05, 0.1) is 16.6 Å². The van der Waals surface area contributed by atoms with Gasteiger partial charge in [-0.15, -0.1) is 0 Å². The first-order valence-electron chi connectivity index (χ1n) is 10.7. The third kappa shape index (κ3) is 5.57. The van der Waals surface area contributed by atoms with Crippen LogP contribution in [0.3, 0.4) is 0 Å². The first-order chi connectivity index (χ1) is 15.7. The molecule has 33 heavy (non-hydrogen) atoms. The molecule has 0 spiro atoms. The second-order valence-electron chi connectivity index (χ2n) is 8.06. The number of hydrazine groups is 1. The van der Waals surface area contributed by atoms with Crippen LogP contribution in [0.2, 0.25) is 5.02 Å². The molecule has 2 aliphatic heterocycles. The van der Waals surface area contributed by atoms with Crippen molar-refractivity contribution in [1.29, 1.82) is 0 Å². The van der Waals surface area contributed by atoms with E-state index in [0.717, 1.165) is 5.01 Å². The third-order valence-corrected chi connectivity index (χ3v) is 5.92. The van der Waals surface area contributed by atoms with E-state index in [4.69, 9.17) is 11.6 Å². The van der Waals surface area contributed by atoms with E-state index in [1.807, 2.05) is 0 Å². The van der Waals surface area contributed by atoms with E-state index in [1.54, 1.807) is 18.2 Å². The van der Waals surface area contributed by atoms with Crippen molar-refractivity contribution >= 4 is 47.3 Å². The zero-order valence-corrected chi connectivity index (χ0v) is 18.8. The lowest BCUT2D eigenvalue weighted by Gasteiger charge is -2.43. The Hall–Kier alpha value is -3.27. The van der Waals surface area contributed by atoms with Gasteiger partial charge in [0.2, 0.25) is 11.8 Å². The first kappa shape index (κ1) is 24.4. The minimum Gasteiger partial charge on any atom is -0.344 e. The molecule has 1 aromatic rings. The highest BCUT2D eigenvalue weighted by Crippen LogP contribution is 2.25. The second-order valence-corrected chi connectivity index (χ2v) is 8.47.